The molecule has 0 radical (unpaired) electrons. The maximum atomic E-state index is 12.8. The lowest BCUT2D eigenvalue weighted by atomic mass is 10.1. The monoisotopic (exact) mass is 337 g/mol. The average Bonchev–Trinajstić information content (AvgIpc) is 3.06. The number of carbonyl (C=O) groups excluding carboxylic acids is 2. The fraction of sp³-hybridized carbons (Fsp3) is 0.529. The molecule has 1 aliphatic rings. The van der Waals surface area contributed by atoms with Crippen molar-refractivity contribution in [3.05, 3.63) is 35.6 Å². The molecule has 1 atom stereocenters. The van der Waals surface area contributed by atoms with Gasteiger partial charge in [-0.25, -0.2) is 9.18 Å². The van der Waals surface area contributed by atoms with Gasteiger partial charge in [0.25, 0.3) is 0 Å². The van der Waals surface area contributed by atoms with Crippen molar-refractivity contribution in [2.24, 2.45) is 0 Å². The van der Waals surface area contributed by atoms with Crippen LogP contribution in [0.5, 0.6) is 0 Å². The van der Waals surface area contributed by atoms with Crippen LogP contribution in [0.3, 0.4) is 0 Å². The molecule has 2 rings (SSSR count). The number of ether oxygens (including phenoxy) is 1. The van der Waals surface area contributed by atoms with Crippen LogP contribution in [0, 0.1) is 5.82 Å². The largest absolute Gasteiger partial charge is 0.376 e. The number of benzene rings is 1. The Morgan fingerprint density at radius 2 is 1.96 bits per heavy atom. The van der Waals surface area contributed by atoms with E-state index in [-0.39, 0.29) is 30.3 Å². The minimum absolute atomic E-state index is 0.121. The lowest BCUT2D eigenvalue weighted by molar-refractivity contribution is -0.120. The summed E-state index contributed by atoms with van der Waals surface area (Å²) in [5.74, 6) is -0.488. The molecule has 24 heavy (non-hydrogen) atoms. The van der Waals surface area contributed by atoms with Gasteiger partial charge in [-0.2, -0.15) is 0 Å². The van der Waals surface area contributed by atoms with Crippen molar-refractivity contribution in [3.8, 4) is 0 Å². The van der Waals surface area contributed by atoms with E-state index in [9.17, 15) is 14.0 Å². The first-order valence-electron chi connectivity index (χ1n) is 8.16. The quantitative estimate of drug-likeness (QED) is 0.737. The number of rotatable bonds is 7. The Balaban J connectivity index is 1.58. The first-order chi connectivity index (χ1) is 11.5. The molecule has 1 aromatic rings. The highest BCUT2D eigenvalue weighted by molar-refractivity contribution is 5.78. The predicted molar refractivity (Wildman–Crippen MR) is 88.1 cm³/mol. The summed E-state index contributed by atoms with van der Waals surface area (Å²) in [6, 6.07) is 5.63. The van der Waals surface area contributed by atoms with Gasteiger partial charge in [-0.1, -0.05) is 12.1 Å². The Bertz CT molecular complexity index is 545. The Labute approximate surface area is 141 Å². The Kier molecular flexibility index (Phi) is 6.99. The van der Waals surface area contributed by atoms with Crippen LogP contribution in [0.4, 0.5) is 9.18 Å². The van der Waals surface area contributed by atoms with Gasteiger partial charge in [-0.3, -0.25) is 4.79 Å². The lowest BCUT2D eigenvalue weighted by Gasteiger charge is -2.21. The highest BCUT2D eigenvalue weighted by Gasteiger charge is 2.19. The molecule has 7 heteroatoms. The van der Waals surface area contributed by atoms with Crippen LogP contribution in [0.25, 0.3) is 0 Å². The number of carbonyl (C=O) groups is 2. The SMILES string of the molecule is CN(C[C@@H]1CCCO1)C(=O)NCCNC(=O)Cc1ccc(F)cc1. The minimum Gasteiger partial charge on any atom is -0.376 e. The molecule has 2 N–H and O–H groups in total. The summed E-state index contributed by atoms with van der Waals surface area (Å²) in [6.45, 7) is 2.03. The standard InChI is InChI=1S/C17H24FN3O3/c1-21(12-15-3-2-10-24-15)17(23)20-9-8-19-16(22)11-13-4-6-14(18)7-5-13/h4-7,15H,2-3,8-12H2,1H3,(H,19,22)(H,20,23)/t15-/m0/s1. The van der Waals surface area contributed by atoms with Gasteiger partial charge in [0, 0.05) is 33.3 Å². The zero-order chi connectivity index (χ0) is 17.4. The predicted octanol–water partition coefficient (Wildman–Crippen LogP) is 1.30. The van der Waals surface area contributed by atoms with Gasteiger partial charge < -0.3 is 20.3 Å². The number of likely N-dealkylation sites (N-methyl/N-ethyl adjacent to an activating group) is 1. The third kappa shape index (κ3) is 6.16. The Hall–Kier alpha value is -2.15. The van der Waals surface area contributed by atoms with Crippen molar-refractivity contribution in [3.63, 3.8) is 0 Å². The molecular weight excluding hydrogens is 313 g/mol. The smallest absolute Gasteiger partial charge is 0.317 e. The second kappa shape index (κ2) is 9.22. The van der Waals surface area contributed by atoms with E-state index in [0.29, 0.717) is 19.6 Å². The van der Waals surface area contributed by atoms with Gasteiger partial charge in [-0.05, 0) is 30.5 Å². The first-order valence-corrected chi connectivity index (χ1v) is 8.16. The van der Waals surface area contributed by atoms with Crippen molar-refractivity contribution in [2.75, 3.05) is 33.3 Å². The summed E-state index contributed by atoms with van der Waals surface area (Å²) in [5.41, 5.74) is 0.745. The summed E-state index contributed by atoms with van der Waals surface area (Å²) in [7, 11) is 1.73. The van der Waals surface area contributed by atoms with E-state index >= 15 is 0 Å². The van der Waals surface area contributed by atoms with Gasteiger partial charge in [0.15, 0.2) is 0 Å². The zero-order valence-electron chi connectivity index (χ0n) is 13.9. The number of nitrogens with zero attached hydrogens (tertiary/aromatic N) is 1. The molecule has 0 unspecified atom stereocenters. The zero-order valence-corrected chi connectivity index (χ0v) is 13.9. The molecule has 0 saturated carbocycles. The van der Waals surface area contributed by atoms with E-state index in [1.165, 1.54) is 12.1 Å². The van der Waals surface area contributed by atoms with E-state index in [2.05, 4.69) is 10.6 Å². The summed E-state index contributed by atoms with van der Waals surface area (Å²) in [5, 5.41) is 5.47. The van der Waals surface area contributed by atoms with Gasteiger partial charge in [0.1, 0.15) is 5.82 Å². The molecule has 3 amide bonds. The fourth-order valence-electron chi connectivity index (χ4n) is 2.53. The highest BCUT2D eigenvalue weighted by atomic mass is 19.1. The lowest BCUT2D eigenvalue weighted by Crippen LogP contribution is -2.43. The van der Waals surface area contributed by atoms with Gasteiger partial charge in [-0.15, -0.1) is 0 Å². The van der Waals surface area contributed by atoms with Crippen LogP contribution in [0.1, 0.15) is 18.4 Å². The number of halogens is 1. The van der Waals surface area contributed by atoms with Crippen molar-refractivity contribution < 1.29 is 18.7 Å². The van der Waals surface area contributed by atoms with Crippen LogP contribution in [-0.2, 0) is 16.0 Å². The molecule has 1 aliphatic heterocycles. The number of urea groups is 1. The van der Waals surface area contributed by atoms with Gasteiger partial charge in [0.05, 0.1) is 12.5 Å². The normalized spacial score (nSPS) is 16.7. The van der Waals surface area contributed by atoms with Crippen LogP contribution in [-0.4, -0.2) is 56.2 Å². The van der Waals surface area contributed by atoms with Gasteiger partial charge >= 0.3 is 6.03 Å². The molecular formula is C17H24FN3O3. The number of hydrogen-bond acceptors (Lipinski definition) is 3. The van der Waals surface area contributed by atoms with Crippen LogP contribution >= 0.6 is 0 Å². The third-order valence-corrected chi connectivity index (χ3v) is 3.85. The van der Waals surface area contributed by atoms with E-state index < -0.39 is 0 Å². The first kappa shape index (κ1) is 18.2. The van der Waals surface area contributed by atoms with Crippen LogP contribution in [0.15, 0.2) is 24.3 Å². The van der Waals surface area contributed by atoms with Crippen LogP contribution < -0.4 is 10.6 Å². The maximum absolute atomic E-state index is 12.8. The summed E-state index contributed by atoms with van der Waals surface area (Å²) in [6.07, 6.45) is 2.33. The number of hydrogen-bond donors (Lipinski definition) is 2. The van der Waals surface area contributed by atoms with Gasteiger partial charge in [0.2, 0.25) is 5.91 Å². The second-order valence-electron chi connectivity index (χ2n) is 5.90. The molecule has 1 saturated heterocycles. The Morgan fingerprint density at radius 3 is 2.62 bits per heavy atom. The topological polar surface area (TPSA) is 70.7 Å². The molecule has 0 aromatic heterocycles. The second-order valence-corrected chi connectivity index (χ2v) is 5.90. The van der Waals surface area contributed by atoms with Crippen molar-refractivity contribution >= 4 is 11.9 Å². The van der Waals surface area contributed by atoms with Crippen molar-refractivity contribution in [1.82, 2.24) is 15.5 Å². The average molecular weight is 337 g/mol. The van der Waals surface area contributed by atoms with Crippen molar-refractivity contribution in [2.45, 2.75) is 25.4 Å². The molecule has 1 heterocycles. The summed E-state index contributed by atoms with van der Waals surface area (Å²) >= 11 is 0. The van der Waals surface area contributed by atoms with Crippen LogP contribution in [0.2, 0.25) is 0 Å². The molecule has 0 bridgehead atoms. The summed E-state index contributed by atoms with van der Waals surface area (Å²) in [4.78, 5) is 25.3. The molecule has 0 spiro atoms. The number of amides is 3. The fourth-order valence-corrected chi connectivity index (χ4v) is 2.53. The third-order valence-electron chi connectivity index (χ3n) is 3.85. The van der Waals surface area contributed by atoms with E-state index in [1.807, 2.05) is 0 Å². The van der Waals surface area contributed by atoms with E-state index in [0.717, 1.165) is 25.0 Å². The van der Waals surface area contributed by atoms with Crippen molar-refractivity contribution in [1.29, 1.82) is 0 Å². The molecule has 0 aliphatic carbocycles. The van der Waals surface area contributed by atoms with E-state index in [4.69, 9.17) is 4.74 Å². The molecule has 1 fully saturated rings. The molecule has 6 nitrogen and oxygen atoms in total. The number of nitrogens with one attached hydrogen (secondary N) is 2. The summed E-state index contributed by atoms with van der Waals surface area (Å²) < 4.78 is 18.3. The molecule has 132 valence electrons. The highest BCUT2D eigenvalue weighted by Crippen LogP contribution is 2.12. The molecule has 1 aromatic carbocycles. The maximum Gasteiger partial charge on any atom is 0.317 e. The minimum atomic E-state index is -0.325. The van der Waals surface area contributed by atoms with E-state index in [1.54, 1.807) is 24.1 Å². The Morgan fingerprint density at radius 1 is 1.25 bits per heavy atom.